The van der Waals surface area contributed by atoms with E-state index in [9.17, 15) is 0 Å². The van der Waals surface area contributed by atoms with Crippen molar-refractivity contribution in [3.63, 3.8) is 0 Å². The highest BCUT2D eigenvalue weighted by Gasteiger charge is 2.12. The van der Waals surface area contributed by atoms with E-state index >= 15 is 0 Å². The molecule has 0 fully saturated rings. The number of rotatable bonds is 0. The van der Waals surface area contributed by atoms with Gasteiger partial charge in [-0.15, -0.1) is 0 Å². The molecule has 0 aromatic carbocycles. The molecule has 0 saturated heterocycles. The van der Waals surface area contributed by atoms with Crippen molar-refractivity contribution in [2.24, 2.45) is 0 Å². The molecule has 60 valence electrons. The summed E-state index contributed by atoms with van der Waals surface area (Å²) >= 11 is 0. The van der Waals surface area contributed by atoms with Gasteiger partial charge in [0.2, 0.25) is 0 Å². The van der Waals surface area contributed by atoms with E-state index in [1.807, 2.05) is 0 Å². The lowest BCUT2D eigenvalue weighted by Gasteiger charge is -2.20. The molecule has 0 atom stereocenters. The van der Waals surface area contributed by atoms with E-state index in [0.717, 1.165) is 6.42 Å². The quantitative estimate of drug-likeness (QED) is 0.492. The normalized spacial score (nSPS) is 19.8. The fourth-order valence-corrected chi connectivity index (χ4v) is 1.46. The van der Waals surface area contributed by atoms with E-state index in [1.165, 1.54) is 27.9 Å². The Morgan fingerprint density at radius 3 is 1.64 bits per heavy atom. The highest BCUT2D eigenvalue weighted by molar-refractivity contribution is 5.51. The molecule has 0 nitrogen and oxygen atoms in total. The molecular formula is C11H16. The first-order valence-electron chi connectivity index (χ1n) is 4.06. The van der Waals surface area contributed by atoms with E-state index in [0.29, 0.717) is 0 Å². The first-order valence-corrected chi connectivity index (χ1v) is 4.06. The maximum absolute atomic E-state index is 4.06. The molecule has 0 aliphatic heterocycles. The minimum atomic E-state index is 1.14. The first-order chi connectivity index (χ1) is 5.04. The summed E-state index contributed by atoms with van der Waals surface area (Å²) in [5.41, 5.74) is 6.93. The molecule has 0 heteroatoms. The molecule has 0 bridgehead atoms. The van der Waals surface area contributed by atoms with Gasteiger partial charge in [-0.3, -0.25) is 0 Å². The Bertz CT molecular complexity index is 236. The molecule has 0 spiro atoms. The molecule has 0 aromatic heterocycles. The largest absolute Gasteiger partial charge is 0.0912 e. The Hall–Kier alpha value is -0.780. The average molecular weight is 148 g/mol. The average Bonchev–Trinajstić information content (AvgIpc) is 1.97. The van der Waals surface area contributed by atoms with Crippen LogP contribution in [0, 0.1) is 0 Å². The van der Waals surface area contributed by atoms with Crippen LogP contribution in [0.4, 0.5) is 0 Å². The molecule has 1 aliphatic rings. The summed E-state index contributed by atoms with van der Waals surface area (Å²) in [6, 6.07) is 0. The van der Waals surface area contributed by atoms with Crippen molar-refractivity contribution >= 4 is 0 Å². The Balaban J connectivity index is 3.09. The minimum Gasteiger partial charge on any atom is -0.0912 e. The lowest BCUT2D eigenvalue weighted by atomic mass is 9.86. The van der Waals surface area contributed by atoms with E-state index in [2.05, 4.69) is 34.3 Å². The molecule has 0 unspecified atom stereocenters. The van der Waals surface area contributed by atoms with Crippen molar-refractivity contribution in [1.29, 1.82) is 0 Å². The summed E-state index contributed by atoms with van der Waals surface area (Å²) in [7, 11) is 0. The fraction of sp³-hybridized carbons (Fsp3) is 0.455. The van der Waals surface area contributed by atoms with Gasteiger partial charge in [-0.1, -0.05) is 17.7 Å². The summed E-state index contributed by atoms with van der Waals surface area (Å²) in [5, 5.41) is 0. The first kappa shape index (κ1) is 8.32. The molecule has 0 amide bonds. The molecule has 0 heterocycles. The van der Waals surface area contributed by atoms with Crippen LogP contribution in [0.1, 0.15) is 34.1 Å². The Labute approximate surface area is 69.3 Å². The van der Waals surface area contributed by atoms with E-state index in [1.54, 1.807) is 0 Å². The molecule has 1 aliphatic carbocycles. The van der Waals surface area contributed by atoms with Crippen molar-refractivity contribution in [2.45, 2.75) is 34.1 Å². The van der Waals surface area contributed by atoms with Gasteiger partial charge in [0.05, 0.1) is 0 Å². The number of hydrogen-bond donors (Lipinski definition) is 0. The van der Waals surface area contributed by atoms with Crippen LogP contribution in [0.2, 0.25) is 0 Å². The van der Waals surface area contributed by atoms with E-state index < -0.39 is 0 Å². The van der Waals surface area contributed by atoms with Crippen LogP contribution in [0.5, 0.6) is 0 Å². The van der Waals surface area contributed by atoms with Gasteiger partial charge in [0.15, 0.2) is 0 Å². The van der Waals surface area contributed by atoms with Crippen molar-refractivity contribution in [2.75, 3.05) is 0 Å². The second-order valence-corrected chi connectivity index (χ2v) is 3.47. The van der Waals surface area contributed by atoms with Crippen molar-refractivity contribution in [1.82, 2.24) is 0 Å². The van der Waals surface area contributed by atoms with Crippen LogP contribution in [0.15, 0.2) is 34.4 Å². The number of hydrogen-bond acceptors (Lipinski definition) is 0. The highest BCUT2D eigenvalue weighted by Crippen LogP contribution is 2.32. The highest BCUT2D eigenvalue weighted by atomic mass is 14.2. The zero-order chi connectivity index (χ0) is 8.59. The lowest BCUT2D eigenvalue weighted by Crippen LogP contribution is -2.00. The predicted molar refractivity (Wildman–Crippen MR) is 50.5 cm³/mol. The molecule has 11 heavy (non-hydrogen) atoms. The zero-order valence-corrected chi connectivity index (χ0v) is 7.91. The summed E-state index contributed by atoms with van der Waals surface area (Å²) in [4.78, 5) is 0. The second kappa shape index (κ2) is 2.69. The third kappa shape index (κ3) is 1.30. The standard InChI is InChI=1S/C11H16/c1-7-6-8(2)10(4)11(5)9(7)3/h5-6H2,1-4H3. The third-order valence-corrected chi connectivity index (χ3v) is 2.72. The second-order valence-electron chi connectivity index (χ2n) is 3.47. The summed E-state index contributed by atoms with van der Waals surface area (Å²) in [6.45, 7) is 12.8. The zero-order valence-electron chi connectivity index (χ0n) is 7.91. The summed E-state index contributed by atoms with van der Waals surface area (Å²) < 4.78 is 0. The summed E-state index contributed by atoms with van der Waals surface area (Å²) in [5.74, 6) is 0. The Morgan fingerprint density at radius 2 is 1.27 bits per heavy atom. The lowest BCUT2D eigenvalue weighted by molar-refractivity contribution is 1.00. The monoisotopic (exact) mass is 148 g/mol. The molecule has 0 saturated carbocycles. The van der Waals surface area contributed by atoms with Gasteiger partial charge in [-0.05, 0) is 50.8 Å². The Kier molecular flexibility index (Phi) is 2.03. The third-order valence-electron chi connectivity index (χ3n) is 2.72. The van der Waals surface area contributed by atoms with Crippen LogP contribution in [-0.4, -0.2) is 0 Å². The molecule has 1 rings (SSSR count). The molecule has 0 radical (unpaired) electrons. The van der Waals surface area contributed by atoms with Gasteiger partial charge in [-0.25, -0.2) is 0 Å². The van der Waals surface area contributed by atoms with Crippen molar-refractivity contribution < 1.29 is 0 Å². The topological polar surface area (TPSA) is 0 Å². The Morgan fingerprint density at radius 1 is 0.909 bits per heavy atom. The van der Waals surface area contributed by atoms with Gasteiger partial charge in [0, 0.05) is 0 Å². The number of allylic oxidation sites excluding steroid dienone is 5. The maximum Gasteiger partial charge on any atom is -0.0102 e. The van der Waals surface area contributed by atoms with Crippen LogP contribution in [0.25, 0.3) is 0 Å². The van der Waals surface area contributed by atoms with Crippen LogP contribution < -0.4 is 0 Å². The summed E-state index contributed by atoms with van der Waals surface area (Å²) in [6.07, 6.45) is 1.14. The van der Waals surface area contributed by atoms with Crippen LogP contribution >= 0.6 is 0 Å². The van der Waals surface area contributed by atoms with Gasteiger partial charge in [0.25, 0.3) is 0 Å². The van der Waals surface area contributed by atoms with Crippen LogP contribution in [-0.2, 0) is 0 Å². The van der Waals surface area contributed by atoms with Gasteiger partial charge < -0.3 is 0 Å². The smallest absolute Gasteiger partial charge is 0.0102 e. The maximum atomic E-state index is 4.06. The molecule has 0 aromatic rings. The van der Waals surface area contributed by atoms with Gasteiger partial charge in [0.1, 0.15) is 0 Å². The fourth-order valence-electron chi connectivity index (χ4n) is 1.46. The van der Waals surface area contributed by atoms with Crippen molar-refractivity contribution in [3.05, 3.63) is 34.4 Å². The van der Waals surface area contributed by atoms with E-state index in [-0.39, 0.29) is 0 Å². The van der Waals surface area contributed by atoms with Gasteiger partial charge in [-0.2, -0.15) is 0 Å². The van der Waals surface area contributed by atoms with E-state index in [4.69, 9.17) is 0 Å². The van der Waals surface area contributed by atoms with Crippen LogP contribution in [0.3, 0.4) is 0 Å². The SMILES string of the molecule is C=C1C(C)=C(C)CC(C)=C1C. The molecular weight excluding hydrogens is 132 g/mol. The van der Waals surface area contributed by atoms with Gasteiger partial charge >= 0.3 is 0 Å². The molecule has 0 N–H and O–H groups in total. The predicted octanol–water partition coefficient (Wildman–Crippen LogP) is 3.62. The minimum absolute atomic E-state index is 1.14. The van der Waals surface area contributed by atoms with Crippen molar-refractivity contribution in [3.8, 4) is 0 Å².